The zero-order valence-electron chi connectivity index (χ0n) is 16.6. The van der Waals surface area contributed by atoms with Crippen LogP contribution in [0, 0.1) is 12.7 Å². The second-order valence-corrected chi connectivity index (χ2v) is 7.65. The molecule has 0 amide bonds. The van der Waals surface area contributed by atoms with Gasteiger partial charge in [0.2, 0.25) is 0 Å². The largest absolute Gasteiger partial charge is 0.353 e. The van der Waals surface area contributed by atoms with Crippen LogP contribution in [0.2, 0.25) is 0 Å². The molecule has 2 aromatic carbocycles. The molecule has 0 aliphatic rings. The smallest absolute Gasteiger partial charge is 0.155 e. The molecular weight excluding hydrogens is 391 g/mol. The monoisotopic (exact) mass is 408 g/mol. The molecule has 6 aromatic rings. The van der Waals surface area contributed by atoms with Crippen molar-refractivity contribution < 1.29 is 4.39 Å². The second-order valence-electron chi connectivity index (χ2n) is 7.65. The summed E-state index contributed by atoms with van der Waals surface area (Å²) < 4.78 is 14.0. The molecule has 0 fully saturated rings. The summed E-state index contributed by atoms with van der Waals surface area (Å²) in [7, 11) is 0. The highest BCUT2D eigenvalue weighted by Crippen LogP contribution is 2.35. The fraction of sp³-hybridized carbons (Fsp3) is 0.0417. The van der Waals surface area contributed by atoms with Gasteiger partial charge in [0.1, 0.15) is 11.5 Å². The first kappa shape index (κ1) is 17.6. The van der Waals surface area contributed by atoms with E-state index in [1.54, 1.807) is 18.5 Å². The van der Waals surface area contributed by atoms with Gasteiger partial charge in [-0.05, 0) is 53.9 Å². The summed E-state index contributed by atoms with van der Waals surface area (Å²) in [6.07, 6.45) is 5.39. The van der Waals surface area contributed by atoms with Gasteiger partial charge in [0.25, 0.3) is 0 Å². The standard InChI is InChI=1S/C24H17FN6/c1-13-5-14(7-17(25)6-13)18-3-2-4-21-19(18)9-22(29-21)23-20-8-15(16-11-27-28-12-16)10-26-24(20)31-30-23/h2-12,29H,1H3,(H,27,28)(H,26,30,31). The van der Waals surface area contributed by atoms with Crippen LogP contribution in [0.15, 0.2) is 67.1 Å². The molecule has 150 valence electrons. The number of pyridine rings is 1. The molecule has 7 heteroatoms. The van der Waals surface area contributed by atoms with Crippen LogP contribution in [0.5, 0.6) is 0 Å². The molecule has 0 bridgehead atoms. The van der Waals surface area contributed by atoms with Crippen molar-refractivity contribution in [2.45, 2.75) is 6.92 Å². The summed E-state index contributed by atoms with van der Waals surface area (Å²) in [5.41, 5.74) is 7.95. The van der Waals surface area contributed by atoms with Gasteiger partial charge in [-0.1, -0.05) is 18.2 Å². The molecule has 6 nitrogen and oxygen atoms in total. The molecule has 0 saturated heterocycles. The highest BCUT2D eigenvalue weighted by atomic mass is 19.1. The number of aryl methyl sites for hydroxylation is 1. The molecule has 0 radical (unpaired) electrons. The van der Waals surface area contributed by atoms with Crippen LogP contribution < -0.4 is 0 Å². The summed E-state index contributed by atoms with van der Waals surface area (Å²) in [5, 5.41) is 16.3. The minimum atomic E-state index is -0.237. The van der Waals surface area contributed by atoms with Crippen molar-refractivity contribution in [3.8, 4) is 33.6 Å². The maximum absolute atomic E-state index is 14.0. The topological polar surface area (TPSA) is 86.0 Å². The molecule has 0 unspecified atom stereocenters. The fourth-order valence-electron chi connectivity index (χ4n) is 4.10. The molecule has 3 N–H and O–H groups in total. The van der Waals surface area contributed by atoms with Crippen LogP contribution >= 0.6 is 0 Å². The Morgan fingerprint density at radius 3 is 2.68 bits per heavy atom. The normalized spacial score (nSPS) is 11.5. The van der Waals surface area contributed by atoms with Gasteiger partial charge in [0.15, 0.2) is 5.65 Å². The minimum Gasteiger partial charge on any atom is -0.353 e. The SMILES string of the molecule is Cc1cc(F)cc(-c2cccc3[nH]c(-c4n[nH]c5ncc(-c6cn[nH]c6)cc45)cc23)c1. The van der Waals surface area contributed by atoms with Crippen LogP contribution in [0.25, 0.3) is 55.6 Å². The molecule has 0 saturated carbocycles. The Morgan fingerprint density at radius 1 is 0.903 bits per heavy atom. The number of aromatic amines is 3. The molecular formula is C24H17FN6. The van der Waals surface area contributed by atoms with Crippen molar-refractivity contribution in [3.63, 3.8) is 0 Å². The summed E-state index contributed by atoms with van der Waals surface area (Å²) in [5.74, 6) is -0.237. The number of nitrogens with one attached hydrogen (secondary N) is 3. The third kappa shape index (κ3) is 2.90. The van der Waals surface area contributed by atoms with Crippen molar-refractivity contribution >= 4 is 21.9 Å². The lowest BCUT2D eigenvalue weighted by molar-refractivity contribution is 0.627. The highest BCUT2D eigenvalue weighted by molar-refractivity contribution is 6.01. The Balaban J connectivity index is 1.53. The van der Waals surface area contributed by atoms with Gasteiger partial charge in [-0.2, -0.15) is 10.2 Å². The maximum Gasteiger partial charge on any atom is 0.155 e. The Hall–Kier alpha value is -4.26. The predicted octanol–water partition coefficient (Wildman–Crippen LogP) is 5.61. The van der Waals surface area contributed by atoms with Gasteiger partial charge >= 0.3 is 0 Å². The van der Waals surface area contributed by atoms with E-state index in [9.17, 15) is 4.39 Å². The van der Waals surface area contributed by atoms with E-state index in [0.717, 1.165) is 55.5 Å². The Morgan fingerprint density at radius 2 is 1.84 bits per heavy atom. The van der Waals surface area contributed by atoms with Crippen LogP contribution in [0.1, 0.15) is 5.56 Å². The van der Waals surface area contributed by atoms with E-state index < -0.39 is 0 Å². The van der Waals surface area contributed by atoms with E-state index in [0.29, 0.717) is 5.65 Å². The lowest BCUT2D eigenvalue weighted by Crippen LogP contribution is -1.84. The van der Waals surface area contributed by atoms with E-state index in [2.05, 4.69) is 36.4 Å². The van der Waals surface area contributed by atoms with Crippen molar-refractivity contribution in [3.05, 3.63) is 78.5 Å². The summed E-state index contributed by atoms with van der Waals surface area (Å²) >= 11 is 0. The van der Waals surface area contributed by atoms with E-state index in [-0.39, 0.29) is 5.82 Å². The van der Waals surface area contributed by atoms with Crippen molar-refractivity contribution in [1.29, 1.82) is 0 Å². The second kappa shape index (κ2) is 6.63. The number of rotatable bonds is 3. The van der Waals surface area contributed by atoms with Crippen molar-refractivity contribution in [2.75, 3.05) is 0 Å². The van der Waals surface area contributed by atoms with Crippen LogP contribution in [-0.4, -0.2) is 30.4 Å². The fourth-order valence-corrected chi connectivity index (χ4v) is 4.10. The first-order valence-corrected chi connectivity index (χ1v) is 9.89. The summed E-state index contributed by atoms with van der Waals surface area (Å²) in [6, 6.07) is 15.2. The van der Waals surface area contributed by atoms with Crippen molar-refractivity contribution in [1.82, 2.24) is 30.4 Å². The minimum absolute atomic E-state index is 0.237. The van der Waals surface area contributed by atoms with E-state index in [4.69, 9.17) is 0 Å². The molecule has 0 aliphatic carbocycles. The van der Waals surface area contributed by atoms with E-state index in [1.807, 2.05) is 43.5 Å². The van der Waals surface area contributed by atoms with E-state index >= 15 is 0 Å². The number of hydrogen-bond acceptors (Lipinski definition) is 3. The predicted molar refractivity (Wildman–Crippen MR) is 119 cm³/mol. The van der Waals surface area contributed by atoms with Gasteiger partial charge in [0, 0.05) is 39.8 Å². The van der Waals surface area contributed by atoms with Gasteiger partial charge in [-0.15, -0.1) is 0 Å². The average molecular weight is 408 g/mol. The molecule has 31 heavy (non-hydrogen) atoms. The number of benzene rings is 2. The molecule has 0 spiro atoms. The average Bonchev–Trinajstić information content (AvgIpc) is 3.50. The Labute approximate surface area is 176 Å². The zero-order valence-corrected chi connectivity index (χ0v) is 16.6. The highest BCUT2D eigenvalue weighted by Gasteiger charge is 2.15. The lowest BCUT2D eigenvalue weighted by Gasteiger charge is -2.05. The molecule has 4 heterocycles. The molecule has 4 aromatic heterocycles. The Bertz CT molecular complexity index is 1540. The van der Waals surface area contributed by atoms with Crippen LogP contribution in [0.3, 0.4) is 0 Å². The number of aromatic nitrogens is 6. The van der Waals surface area contributed by atoms with Gasteiger partial charge in [-0.3, -0.25) is 10.2 Å². The number of hydrogen-bond donors (Lipinski definition) is 3. The first-order valence-electron chi connectivity index (χ1n) is 9.89. The summed E-state index contributed by atoms with van der Waals surface area (Å²) in [4.78, 5) is 7.97. The maximum atomic E-state index is 14.0. The third-order valence-corrected chi connectivity index (χ3v) is 5.52. The molecule has 0 aliphatic heterocycles. The third-order valence-electron chi connectivity index (χ3n) is 5.52. The number of fused-ring (bicyclic) bond motifs is 2. The van der Waals surface area contributed by atoms with Crippen LogP contribution in [-0.2, 0) is 0 Å². The number of halogens is 1. The van der Waals surface area contributed by atoms with Gasteiger partial charge < -0.3 is 4.98 Å². The lowest BCUT2D eigenvalue weighted by atomic mass is 9.99. The van der Waals surface area contributed by atoms with Crippen LogP contribution in [0.4, 0.5) is 4.39 Å². The van der Waals surface area contributed by atoms with E-state index in [1.165, 1.54) is 6.07 Å². The van der Waals surface area contributed by atoms with Gasteiger partial charge in [0.05, 0.1) is 11.9 Å². The molecule has 6 rings (SSSR count). The van der Waals surface area contributed by atoms with Crippen molar-refractivity contribution in [2.24, 2.45) is 0 Å². The number of nitrogens with zero attached hydrogens (tertiary/aromatic N) is 3. The summed E-state index contributed by atoms with van der Waals surface area (Å²) in [6.45, 7) is 1.90. The first-order chi connectivity index (χ1) is 15.2. The van der Waals surface area contributed by atoms with Gasteiger partial charge in [-0.25, -0.2) is 9.37 Å². The Kier molecular flexibility index (Phi) is 3.76. The quantitative estimate of drug-likeness (QED) is 0.356. The zero-order chi connectivity index (χ0) is 20.9. The number of H-pyrrole nitrogens is 3. The molecule has 0 atom stereocenters.